The fourth-order valence-corrected chi connectivity index (χ4v) is 3.44. The van der Waals surface area contributed by atoms with Crippen LogP contribution < -0.4 is 11.1 Å². The maximum atomic E-state index is 11.9. The summed E-state index contributed by atoms with van der Waals surface area (Å²) in [6, 6.07) is 5.07. The first-order chi connectivity index (χ1) is 14.3. The van der Waals surface area contributed by atoms with Gasteiger partial charge in [0.05, 0.1) is 51.4 Å². The van der Waals surface area contributed by atoms with Crippen molar-refractivity contribution in [3.63, 3.8) is 0 Å². The molecule has 11 heteroatoms. The predicted octanol–water partition coefficient (Wildman–Crippen LogP) is 3.61. The molecule has 3 N–H and O–H groups in total. The number of aromatic nitrogens is 6. The SMILES string of the molecule is Cc1cnc(C)c(-n2cc(Nc3cn(-c4c(Cl)cccc4Cl)nc3C(N)=O)cn2)n1. The van der Waals surface area contributed by atoms with Crippen molar-refractivity contribution < 1.29 is 4.79 Å². The third-order valence-corrected chi connectivity index (χ3v) is 4.85. The molecule has 9 nitrogen and oxygen atoms in total. The van der Waals surface area contributed by atoms with Crippen molar-refractivity contribution in [3.05, 3.63) is 70.1 Å². The summed E-state index contributed by atoms with van der Waals surface area (Å²) in [5.74, 6) is -0.0936. The van der Waals surface area contributed by atoms with E-state index >= 15 is 0 Å². The van der Waals surface area contributed by atoms with E-state index in [-0.39, 0.29) is 5.69 Å². The van der Waals surface area contributed by atoms with Crippen LogP contribution in [0.25, 0.3) is 11.5 Å². The molecule has 0 aliphatic heterocycles. The van der Waals surface area contributed by atoms with Gasteiger partial charge in [0.25, 0.3) is 5.91 Å². The average molecular weight is 443 g/mol. The number of para-hydroxylation sites is 1. The van der Waals surface area contributed by atoms with E-state index in [1.54, 1.807) is 47.7 Å². The second-order valence-corrected chi connectivity index (χ2v) is 7.30. The first-order valence-corrected chi connectivity index (χ1v) is 9.55. The van der Waals surface area contributed by atoms with Gasteiger partial charge in [-0.3, -0.25) is 9.78 Å². The molecule has 4 rings (SSSR count). The molecule has 0 unspecified atom stereocenters. The minimum atomic E-state index is -0.702. The van der Waals surface area contributed by atoms with Gasteiger partial charge < -0.3 is 11.1 Å². The van der Waals surface area contributed by atoms with Crippen molar-refractivity contribution in [2.24, 2.45) is 5.73 Å². The lowest BCUT2D eigenvalue weighted by molar-refractivity contribution is 0.0996. The van der Waals surface area contributed by atoms with Gasteiger partial charge in [-0.15, -0.1) is 0 Å². The van der Waals surface area contributed by atoms with Crippen molar-refractivity contribution in [3.8, 4) is 11.5 Å². The Labute approximate surface area is 181 Å². The van der Waals surface area contributed by atoms with Gasteiger partial charge in [0.2, 0.25) is 0 Å². The molecule has 1 aromatic carbocycles. The summed E-state index contributed by atoms with van der Waals surface area (Å²) in [5.41, 5.74) is 8.47. The summed E-state index contributed by atoms with van der Waals surface area (Å²) >= 11 is 12.5. The molecule has 0 aliphatic rings. The highest BCUT2D eigenvalue weighted by Crippen LogP contribution is 2.30. The summed E-state index contributed by atoms with van der Waals surface area (Å²) < 4.78 is 3.00. The Kier molecular flexibility index (Phi) is 5.15. The number of halogens is 2. The molecule has 0 spiro atoms. The zero-order valence-electron chi connectivity index (χ0n) is 16.0. The number of primary amides is 1. The number of nitrogens with one attached hydrogen (secondary N) is 1. The highest BCUT2D eigenvalue weighted by Gasteiger charge is 2.19. The van der Waals surface area contributed by atoms with Crippen molar-refractivity contribution in [1.82, 2.24) is 29.5 Å². The van der Waals surface area contributed by atoms with Crippen LogP contribution in [0.5, 0.6) is 0 Å². The van der Waals surface area contributed by atoms with Gasteiger partial charge in [0.1, 0.15) is 5.69 Å². The molecule has 0 aliphatic carbocycles. The molecule has 0 saturated carbocycles. The van der Waals surface area contributed by atoms with Gasteiger partial charge in [-0.05, 0) is 26.0 Å². The van der Waals surface area contributed by atoms with Crippen molar-refractivity contribution in [2.45, 2.75) is 13.8 Å². The molecule has 4 aromatic rings. The molecule has 152 valence electrons. The van der Waals surface area contributed by atoms with E-state index in [0.717, 1.165) is 11.4 Å². The first-order valence-electron chi connectivity index (χ1n) is 8.79. The van der Waals surface area contributed by atoms with E-state index in [9.17, 15) is 4.79 Å². The summed E-state index contributed by atoms with van der Waals surface area (Å²) in [5, 5.41) is 12.4. The first kappa shape index (κ1) is 19.9. The standard InChI is InChI=1S/C19H16Cl2N8O/c1-10-6-23-11(2)19(25-10)29-8-12(7-24-29)26-15-9-28(27-16(15)18(22)30)17-13(20)4-3-5-14(17)21/h3-9,26H,1-2H3,(H2,22,30). The molecule has 3 aromatic heterocycles. The lowest BCUT2D eigenvalue weighted by Crippen LogP contribution is -2.14. The van der Waals surface area contributed by atoms with Gasteiger partial charge in [-0.2, -0.15) is 10.2 Å². The molecule has 0 radical (unpaired) electrons. The van der Waals surface area contributed by atoms with Crippen LogP contribution in [0.15, 0.2) is 43.0 Å². The number of amides is 1. The van der Waals surface area contributed by atoms with Crippen LogP contribution in [0.3, 0.4) is 0 Å². The summed E-state index contributed by atoms with van der Waals surface area (Å²) in [4.78, 5) is 20.7. The molecule has 3 heterocycles. The molecular formula is C19H16Cl2N8O. The number of carbonyl (C=O) groups is 1. The maximum absolute atomic E-state index is 11.9. The number of nitrogens with zero attached hydrogens (tertiary/aromatic N) is 6. The van der Waals surface area contributed by atoms with E-state index in [1.807, 2.05) is 13.8 Å². The molecule has 0 saturated heterocycles. The Hall–Kier alpha value is -3.43. The van der Waals surface area contributed by atoms with Gasteiger partial charge in [-0.25, -0.2) is 14.3 Å². The Morgan fingerprint density at radius 1 is 1.10 bits per heavy atom. The van der Waals surface area contributed by atoms with E-state index in [0.29, 0.717) is 32.9 Å². The second-order valence-electron chi connectivity index (χ2n) is 6.49. The maximum Gasteiger partial charge on any atom is 0.271 e. The number of aryl methyl sites for hydroxylation is 2. The van der Waals surface area contributed by atoms with Gasteiger partial charge in [-0.1, -0.05) is 29.3 Å². The number of anilines is 2. The summed E-state index contributed by atoms with van der Waals surface area (Å²) in [6.45, 7) is 3.70. The minimum absolute atomic E-state index is 0.0327. The monoisotopic (exact) mass is 442 g/mol. The lowest BCUT2D eigenvalue weighted by Gasteiger charge is -2.06. The Morgan fingerprint density at radius 3 is 2.53 bits per heavy atom. The van der Waals surface area contributed by atoms with Crippen LogP contribution in [0.1, 0.15) is 21.9 Å². The number of hydrogen-bond donors (Lipinski definition) is 2. The number of carbonyl (C=O) groups excluding carboxylic acids is 1. The number of rotatable bonds is 5. The average Bonchev–Trinajstić information content (AvgIpc) is 3.31. The number of hydrogen-bond acceptors (Lipinski definition) is 6. The van der Waals surface area contributed by atoms with Gasteiger partial charge >= 0.3 is 0 Å². The number of nitrogens with two attached hydrogens (primary N) is 1. The molecule has 30 heavy (non-hydrogen) atoms. The quantitative estimate of drug-likeness (QED) is 0.487. The molecule has 0 atom stereocenters. The van der Waals surface area contributed by atoms with Crippen LogP contribution >= 0.6 is 23.2 Å². The largest absolute Gasteiger partial charge is 0.364 e. The highest BCUT2D eigenvalue weighted by molar-refractivity contribution is 6.37. The predicted molar refractivity (Wildman–Crippen MR) is 114 cm³/mol. The van der Waals surface area contributed by atoms with E-state index < -0.39 is 5.91 Å². The second kappa shape index (κ2) is 7.77. The van der Waals surface area contributed by atoms with Crippen LogP contribution in [0.4, 0.5) is 11.4 Å². The zero-order valence-corrected chi connectivity index (χ0v) is 17.5. The highest BCUT2D eigenvalue weighted by atomic mass is 35.5. The van der Waals surface area contributed by atoms with E-state index in [2.05, 4.69) is 25.5 Å². The molecule has 0 fully saturated rings. The van der Waals surface area contributed by atoms with Crippen LogP contribution in [-0.4, -0.2) is 35.4 Å². The van der Waals surface area contributed by atoms with Crippen molar-refractivity contribution >= 4 is 40.5 Å². The van der Waals surface area contributed by atoms with Crippen molar-refractivity contribution in [2.75, 3.05) is 5.32 Å². The van der Waals surface area contributed by atoms with Gasteiger partial charge in [0.15, 0.2) is 11.5 Å². The fraction of sp³-hybridized carbons (Fsp3) is 0.105. The molecular weight excluding hydrogens is 427 g/mol. The van der Waals surface area contributed by atoms with Crippen LogP contribution in [0.2, 0.25) is 10.0 Å². The van der Waals surface area contributed by atoms with Crippen molar-refractivity contribution in [1.29, 1.82) is 0 Å². The Bertz CT molecular complexity index is 1240. The third kappa shape index (κ3) is 3.72. The van der Waals surface area contributed by atoms with Gasteiger partial charge in [0, 0.05) is 6.20 Å². The summed E-state index contributed by atoms with van der Waals surface area (Å²) in [6.07, 6.45) is 6.59. The fourth-order valence-electron chi connectivity index (χ4n) is 2.87. The van der Waals surface area contributed by atoms with E-state index in [4.69, 9.17) is 28.9 Å². The van der Waals surface area contributed by atoms with Crippen LogP contribution in [-0.2, 0) is 0 Å². The topological polar surface area (TPSA) is 117 Å². The zero-order chi connectivity index (χ0) is 21.4. The molecule has 1 amide bonds. The third-order valence-electron chi connectivity index (χ3n) is 4.24. The smallest absolute Gasteiger partial charge is 0.271 e. The lowest BCUT2D eigenvalue weighted by atomic mass is 10.3. The van der Waals surface area contributed by atoms with Crippen LogP contribution in [0, 0.1) is 13.8 Å². The number of benzene rings is 1. The van der Waals surface area contributed by atoms with E-state index in [1.165, 1.54) is 4.68 Å². The Morgan fingerprint density at radius 2 is 1.83 bits per heavy atom. The molecule has 0 bridgehead atoms. The normalized spacial score (nSPS) is 10.9. The minimum Gasteiger partial charge on any atom is -0.364 e. The Balaban J connectivity index is 1.70. The summed E-state index contributed by atoms with van der Waals surface area (Å²) in [7, 11) is 0.